The Labute approximate surface area is 95.4 Å². The summed E-state index contributed by atoms with van der Waals surface area (Å²) in [6.07, 6.45) is 5.12. The number of ether oxygens (including phenoxy) is 1. The standard InChI is InChI=1S/C11H19N3O2/c1-2-5-14-10(8-12-13-14)11(15)7-9-4-3-6-16-9/h8-9,11,15H,2-7H2,1H3. The Morgan fingerprint density at radius 3 is 3.25 bits per heavy atom. The van der Waals surface area contributed by atoms with Gasteiger partial charge >= 0.3 is 0 Å². The van der Waals surface area contributed by atoms with Crippen molar-refractivity contribution >= 4 is 0 Å². The predicted octanol–water partition coefficient (Wildman–Crippen LogP) is 1.29. The fourth-order valence-corrected chi connectivity index (χ4v) is 2.11. The van der Waals surface area contributed by atoms with Crippen molar-refractivity contribution in [2.24, 2.45) is 0 Å². The van der Waals surface area contributed by atoms with Crippen molar-refractivity contribution in [3.63, 3.8) is 0 Å². The van der Waals surface area contributed by atoms with Crippen molar-refractivity contribution in [2.45, 2.75) is 51.4 Å². The minimum absolute atomic E-state index is 0.194. The summed E-state index contributed by atoms with van der Waals surface area (Å²) in [7, 11) is 0. The van der Waals surface area contributed by atoms with Gasteiger partial charge in [-0.15, -0.1) is 5.10 Å². The molecule has 1 saturated heterocycles. The Balaban J connectivity index is 1.96. The van der Waals surface area contributed by atoms with Gasteiger partial charge in [0.1, 0.15) is 0 Å². The maximum atomic E-state index is 10.1. The summed E-state index contributed by atoms with van der Waals surface area (Å²) in [5, 5.41) is 17.9. The van der Waals surface area contributed by atoms with E-state index >= 15 is 0 Å². The third kappa shape index (κ3) is 2.59. The summed E-state index contributed by atoms with van der Waals surface area (Å²) in [5.41, 5.74) is 0.803. The molecule has 5 nitrogen and oxygen atoms in total. The minimum atomic E-state index is -0.510. The van der Waals surface area contributed by atoms with E-state index in [4.69, 9.17) is 4.74 Å². The third-order valence-electron chi connectivity index (χ3n) is 2.93. The van der Waals surface area contributed by atoms with Crippen LogP contribution in [0.4, 0.5) is 0 Å². The van der Waals surface area contributed by atoms with Gasteiger partial charge in [0, 0.05) is 19.6 Å². The Morgan fingerprint density at radius 2 is 2.56 bits per heavy atom. The zero-order valence-corrected chi connectivity index (χ0v) is 9.67. The summed E-state index contributed by atoms with van der Waals surface area (Å²) in [5.74, 6) is 0. The summed E-state index contributed by atoms with van der Waals surface area (Å²) >= 11 is 0. The minimum Gasteiger partial charge on any atom is -0.387 e. The quantitative estimate of drug-likeness (QED) is 0.820. The molecule has 1 aromatic rings. The summed E-state index contributed by atoms with van der Waals surface area (Å²) in [6, 6.07) is 0. The molecule has 1 aliphatic rings. The SMILES string of the molecule is CCCn1nncc1C(O)CC1CCCO1. The van der Waals surface area contributed by atoms with Gasteiger partial charge < -0.3 is 9.84 Å². The molecule has 2 rings (SSSR count). The van der Waals surface area contributed by atoms with Crippen LogP contribution in [0.1, 0.15) is 44.4 Å². The first-order valence-corrected chi connectivity index (χ1v) is 5.99. The number of aliphatic hydroxyl groups is 1. The van der Waals surface area contributed by atoms with Crippen molar-refractivity contribution in [2.75, 3.05) is 6.61 Å². The van der Waals surface area contributed by atoms with E-state index in [1.165, 1.54) is 0 Å². The van der Waals surface area contributed by atoms with Crippen LogP contribution in [0, 0.1) is 0 Å². The highest BCUT2D eigenvalue weighted by Gasteiger charge is 2.22. The highest BCUT2D eigenvalue weighted by Crippen LogP contribution is 2.24. The molecule has 0 radical (unpaired) electrons. The van der Waals surface area contributed by atoms with E-state index in [2.05, 4.69) is 17.2 Å². The lowest BCUT2D eigenvalue weighted by Gasteiger charge is -2.15. The number of aryl methyl sites for hydroxylation is 1. The molecule has 0 bridgehead atoms. The van der Waals surface area contributed by atoms with Crippen LogP contribution in [-0.4, -0.2) is 32.8 Å². The average Bonchev–Trinajstić information content (AvgIpc) is 2.89. The van der Waals surface area contributed by atoms with Crippen LogP contribution in [0.25, 0.3) is 0 Å². The van der Waals surface area contributed by atoms with E-state index in [1.807, 2.05) is 0 Å². The molecule has 0 aliphatic carbocycles. The summed E-state index contributed by atoms with van der Waals surface area (Å²) < 4.78 is 7.29. The Morgan fingerprint density at radius 1 is 1.69 bits per heavy atom. The van der Waals surface area contributed by atoms with Gasteiger partial charge in [-0.1, -0.05) is 12.1 Å². The fourth-order valence-electron chi connectivity index (χ4n) is 2.11. The molecule has 5 heteroatoms. The van der Waals surface area contributed by atoms with E-state index in [-0.39, 0.29) is 6.10 Å². The predicted molar refractivity (Wildman–Crippen MR) is 58.9 cm³/mol. The van der Waals surface area contributed by atoms with E-state index in [0.29, 0.717) is 6.42 Å². The van der Waals surface area contributed by atoms with Crippen LogP contribution >= 0.6 is 0 Å². The zero-order valence-electron chi connectivity index (χ0n) is 9.67. The van der Waals surface area contributed by atoms with Crippen LogP contribution in [-0.2, 0) is 11.3 Å². The molecule has 1 aromatic heterocycles. The molecule has 1 aliphatic heterocycles. The van der Waals surface area contributed by atoms with E-state index in [1.54, 1.807) is 10.9 Å². The summed E-state index contributed by atoms with van der Waals surface area (Å²) in [4.78, 5) is 0. The number of hydrogen-bond donors (Lipinski definition) is 1. The third-order valence-corrected chi connectivity index (χ3v) is 2.93. The monoisotopic (exact) mass is 225 g/mol. The highest BCUT2D eigenvalue weighted by molar-refractivity contribution is 4.99. The van der Waals surface area contributed by atoms with Gasteiger partial charge in [-0.05, 0) is 19.3 Å². The largest absolute Gasteiger partial charge is 0.387 e. The zero-order chi connectivity index (χ0) is 11.4. The molecule has 0 aromatic carbocycles. The lowest BCUT2D eigenvalue weighted by atomic mass is 10.1. The number of aromatic nitrogens is 3. The van der Waals surface area contributed by atoms with Crippen molar-refractivity contribution in [3.8, 4) is 0 Å². The smallest absolute Gasteiger partial charge is 0.0997 e. The highest BCUT2D eigenvalue weighted by atomic mass is 16.5. The second-order valence-corrected chi connectivity index (χ2v) is 4.27. The second kappa shape index (κ2) is 5.41. The lowest BCUT2D eigenvalue weighted by molar-refractivity contribution is 0.0500. The van der Waals surface area contributed by atoms with Crippen molar-refractivity contribution in [3.05, 3.63) is 11.9 Å². The van der Waals surface area contributed by atoms with Gasteiger partial charge in [-0.25, -0.2) is 4.68 Å². The van der Waals surface area contributed by atoms with Gasteiger partial charge in [-0.2, -0.15) is 0 Å². The van der Waals surface area contributed by atoms with Crippen molar-refractivity contribution < 1.29 is 9.84 Å². The molecule has 2 heterocycles. The topological polar surface area (TPSA) is 60.2 Å². The van der Waals surface area contributed by atoms with Crippen molar-refractivity contribution in [1.82, 2.24) is 15.0 Å². The van der Waals surface area contributed by atoms with E-state index < -0.39 is 6.10 Å². The van der Waals surface area contributed by atoms with Crippen molar-refractivity contribution in [1.29, 1.82) is 0 Å². The maximum absolute atomic E-state index is 10.1. The fraction of sp³-hybridized carbons (Fsp3) is 0.818. The first kappa shape index (κ1) is 11.5. The van der Waals surface area contributed by atoms with Crippen LogP contribution < -0.4 is 0 Å². The summed E-state index contributed by atoms with van der Waals surface area (Å²) in [6.45, 7) is 3.71. The molecule has 1 N–H and O–H groups in total. The maximum Gasteiger partial charge on any atom is 0.0997 e. The van der Waals surface area contributed by atoms with Gasteiger partial charge in [0.15, 0.2) is 0 Å². The van der Waals surface area contributed by atoms with Crippen LogP contribution in [0.2, 0.25) is 0 Å². The number of aliphatic hydroxyl groups excluding tert-OH is 1. The molecule has 16 heavy (non-hydrogen) atoms. The number of nitrogens with zero attached hydrogens (tertiary/aromatic N) is 3. The molecule has 0 amide bonds. The van der Waals surface area contributed by atoms with Gasteiger partial charge in [0.05, 0.1) is 24.1 Å². The Kier molecular flexibility index (Phi) is 3.90. The van der Waals surface area contributed by atoms with Crippen LogP contribution in [0.5, 0.6) is 0 Å². The molecule has 2 unspecified atom stereocenters. The van der Waals surface area contributed by atoms with Gasteiger partial charge in [-0.3, -0.25) is 0 Å². The van der Waals surface area contributed by atoms with E-state index in [9.17, 15) is 5.11 Å². The normalized spacial score (nSPS) is 22.5. The lowest BCUT2D eigenvalue weighted by Crippen LogP contribution is -2.15. The number of rotatable bonds is 5. The van der Waals surface area contributed by atoms with Crippen LogP contribution in [0.3, 0.4) is 0 Å². The Hall–Kier alpha value is -0.940. The first-order chi connectivity index (χ1) is 7.81. The Bertz CT molecular complexity index is 321. The molecule has 90 valence electrons. The van der Waals surface area contributed by atoms with Gasteiger partial charge in [0.2, 0.25) is 0 Å². The van der Waals surface area contributed by atoms with E-state index in [0.717, 1.165) is 38.1 Å². The first-order valence-electron chi connectivity index (χ1n) is 5.99. The molecular formula is C11H19N3O2. The molecule has 0 spiro atoms. The molecule has 0 saturated carbocycles. The average molecular weight is 225 g/mol. The van der Waals surface area contributed by atoms with Crippen LogP contribution in [0.15, 0.2) is 6.20 Å². The molecular weight excluding hydrogens is 206 g/mol. The van der Waals surface area contributed by atoms with Gasteiger partial charge in [0.25, 0.3) is 0 Å². The molecule has 2 atom stereocenters. The second-order valence-electron chi connectivity index (χ2n) is 4.27. The number of hydrogen-bond acceptors (Lipinski definition) is 4. The molecule has 1 fully saturated rings.